The highest BCUT2D eigenvalue weighted by molar-refractivity contribution is 5.85. The first-order valence-corrected chi connectivity index (χ1v) is 8.11. The molecule has 0 bridgehead atoms. The molecule has 5 nitrogen and oxygen atoms in total. The lowest BCUT2D eigenvalue weighted by molar-refractivity contribution is -0.126. The van der Waals surface area contributed by atoms with Gasteiger partial charge in [0.15, 0.2) is 0 Å². The number of benzene rings is 1. The maximum absolute atomic E-state index is 12.2. The van der Waals surface area contributed by atoms with E-state index in [4.69, 9.17) is 9.47 Å². The normalized spacial score (nSPS) is 15.8. The summed E-state index contributed by atoms with van der Waals surface area (Å²) in [6, 6.07) is 5.80. The third-order valence-corrected chi connectivity index (χ3v) is 3.65. The van der Waals surface area contributed by atoms with Crippen molar-refractivity contribution in [2.75, 3.05) is 32.8 Å². The van der Waals surface area contributed by atoms with Gasteiger partial charge in [0.1, 0.15) is 18.1 Å². The predicted octanol–water partition coefficient (Wildman–Crippen LogP) is 2.17. The van der Waals surface area contributed by atoms with Crippen LogP contribution in [-0.2, 0) is 11.2 Å². The molecule has 0 radical (unpaired) electrons. The first-order chi connectivity index (χ1) is 10.7. The molecule has 1 heterocycles. The van der Waals surface area contributed by atoms with Crippen LogP contribution in [0.15, 0.2) is 18.2 Å². The van der Waals surface area contributed by atoms with E-state index in [0.29, 0.717) is 26.2 Å². The molecule has 1 atom stereocenters. The number of halogens is 1. The lowest BCUT2D eigenvalue weighted by Gasteiger charge is -2.25. The maximum atomic E-state index is 12.2. The van der Waals surface area contributed by atoms with Crippen LogP contribution >= 0.6 is 12.4 Å². The van der Waals surface area contributed by atoms with Crippen LogP contribution in [0.2, 0.25) is 0 Å². The number of hydrogen-bond donors (Lipinski definition) is 2. The topological polar surface area (TPSA) is 59.6 Å². The molecule has 1 amide bonds. The Hall–Kier alpha value is -1.46. The van der Waals surface area contributed by atoms with Crippen molar-refractivity contribution in [3.8, 4) is 11.5 Å². The molecule has 130 valence electrons. The molecule has 0 saturated carbocycles. The van der Waals surface area contributed by atoms with Crippen LogP contribution < -0.4 is 20.1 Å². The average Bonchev–Trinajstić information content (AvgIpc) is 2.54. The van der Waals surface area contributed by atoms with Gasteiger partial charge in [-0.2, -0.15) is 0 Å². The third-order valence-electron chi connectivity index (χ3n) is 3.65. The van der Waals surface area contributed by atoms with E-state index >= 15 is 0 Å². The van der Waals surface area contributed by atoms with Gasteiger partial charge in [0, 0.05) is 13.1 Å². The van der Waals surface area contributed by atoms with Crippen LogP contribution in [0.4, 0.5) is 0 Å². The summed E-state index contributed by atoms with van der Waals surface area (Å²) in [5, 5.41) is 6.24. The molecule has 2 rings (SSSR count). The molecule has 0 spiro atoms. The molecule has 0 aliphatic carbocycles. The minimum absolute atomic E-state index is 0. The maximum Gasteiger partial charge on any atom is 0.226 e. The summed E-state index contributed by atoms with van der Waals surface area (Å²) in [5.41, 5.74) is 1.04. The zero-order valence-corrected chi connectivity index (χ0v) is 14.7. The van der Waals surface area contributed by atoms with Crippen LogP contribution in [0.1, 0.15) is 25.8 Å². The molecule has 1 aliphatic heterocycles. The summed E-state index contributed by atoms with van der Waals surface area (Å²) in [7, 11) is 0. The van der Waals surface area contributed by atoms with Crippen LogP contribution in [0, 0.1) is 5.92 Å². The van der Waals surface area contributed by atoms with Crippen molar-refractivity contribution in [1.29, 1.82) is 0 Å². The number of nitrogens with one attached hydrogen (secondary N) is 2. The number of fused-ring (bicyclic) bond motifs is 1. The number of carbonyl (C=O) groups excluding carboxylic acids is 1. The van der Waals surface area contributed by atoms with Crippen molar-refractivity contribution in [2.24, 2.45) is 5.92 Å². The molecule has 0 saturated heterocycles. The number of carbonyl (C=O) groups is 1. The highest BCUT2D eigenvalue weighted by atomic mass is 35.5. The monoisotopic (exact) mass is 342 g/mol. The van der Waals surface area contributed by atoms with Crippen LogP contribution in [-0.4, -0.2) is 38.8 Å². The molecule has 6 heteroatoms. The van der Waals surface area contributed by atoms with Crippen LogP contribution in [0.5, 0.6) is 11.5 Å². The van der Waals surface area contributed by atoms with Gasteiger partial charge < -0.3 is 20.1 Å². The lowest BCUT2D eigenvalue weighted by Crippen LogP contribution is -2.40. The van der Waals surface area contributed by atoms with Crippen molar-refractivity contribution in [1.82, 2.24) is 10.6 Å². The van der Waals surface area contributed by atoms with Crippen molar-refractivity contribution in [2.45, 2.75) is 26.7 Å². The fourth-order valence-electron chi connectivity index (χ4n) is 2.52. The number of rotatable bonds is 8. The van der Waals surface area contributed by atoms with Gasteiger partial charge in [-0.15, -0.1) is 12.4 Å². The Balaban J connectivity index is 0.00000264. The van der Waals surface area contributed by atoms with Gasteiger partial charge in [-0.3, -0.25) is 4.79 Å². The molecule has 0 fully saturated rings. The molecule has 1 unspecified atom stereocenters. The standard InChI is InChI=1S/C17H26N2O3.ClH/c1-3-7-18-8-9-19-17(20)14-10-13-11-15(21-4-2)5-6-16(13)22-12-14;/h5-6,11,14,18H,3-4,7-10,12H2,1-2H3,(H,19,20);1H. The molecule has 0 aromatic heterocycles. The van der Waals surface area contributed by atoms with Crippen molar-refractivity contribution in [3.63, 3.8) is 0 Å². The molecular formula is C17H27ClN2O3. The van der Waals surface area contributed by atoms with Gasteiger partial charge in [-0.25, -0.2) is 0 Å². The Kier molecular flexibility index (Phi) is 8.81. The van der Waals surface area contributed by atoms with E-state index in [1.54, 1.807) is 0 Å². The minimum atomic E-state index is -0.129. The van der Waals surface area contributed by atoms with Crippen molar-refractivity contribution in [3.05, 3.63) is 23.8 Å². The Morgan fingerprint density at radius 3 is 2.87 bits per heavy atom. The van der Waals surface area contributed by atoms with Gasteiger partial charge in [-0.05, 0) is 50.1 Å². The van der Waals surface area contributed by atoms with Crippen LogP contribution in [0.25, 0.3) is 0 Å². The summed E-state index contributed by atoms with van der Waals surface area (Å²) >= 11 is 0. The van der Waals surface area contributed by atoms with Gasteiger partial charge in [-0.1, -0.05) is 6.92 Å². The van der Waals surface area contributed by atoms with Crippen LogP contribution in [0.3, 0.4) is 0 Å². The fourth-order valence-corrected chi connectivity index (χ4v) is 2.52. The van der Waals surface area contributed by atoms with Gasteiger partial charge in [0.25, 0.3) is 0 Å². The van der Waals surface area contributed by atoms with E-state index in [2.05, 4.69) is 17.6 Å². The molecule has 1 aromatic carbocycles. The summed E-state index contributed by atoms with van der Waals surface area (Å²) in [4.78, 5) is 12.2. The van der Waals surface area contributed by atoms with Crippen molar-refractivity contribution >= 4 is 18.3 Å². The zero-order valence-electron chi connectivity index (χ0n) is 13.9. The second-order valence-corrected chi connectivity index (χ2v) is 5.46. The van der Waals surface area contributed by atoms with Gasteiger partial charge in [0.05, 0.1) is 12.5 Å². The van der Waals surface area contributed by atoms with E-state index in [0.717, 1.165) is 36.6 Å². The second kappa shape index (κ2) is 10.3. The van der Waals surface area contributed by atoms with Gasteiger partial charge >= 0.3 is 0 Å². The number of ether oxygens (including phenoxy) is 2. The average molecular weight is 343 g/mol. The summed E-state index contributed by atoms with van der Waals surface area (Å²) < 4.78 is 11.2. The minimum Gasteiger partial charge on any atom is -0.494 e. The fraction of sp³-hybridized carbons (Fsp3) is 0.588. The van der Waals surface area contributed by atoms with E-state index in [-0.39, 0.29) is 24.2 Å². The second-order valence-electron chi connectivity index (χ2n) is 5.46. The smallest absolute Gasteiger partial charge is 0.226 e. The highest BCUT2D eigenvalue weighted by Crippen LogP contribution is 2.30. The van der Waals surface area contributed by atoms with Gasteiger partial charge in [0.2, 0.25) is 5.91 Å². The molecule has 23 heavy (non-hydrogen) atoms. The number of hydrogen-bond acceptors (Lipinski definition) is 4. The van der Waals surface area contributed by atoms with E-state index in [1.807, 2.05) is 25.1 Å². The zero-order chi connectivity index (χ0) is 15.8. The first kappa shape index (κ1) is 19.6. The molecule has 2 N–H and O–H groups in total. The Morgan fingerprint density at radius 2 is 2.13 bits per heavy atom. The van der Waals surface area contributed by atoms with E-state index < -0.39 is 0 Å². The summed E-state index contributed by atoms with van der Waals surface area (Å²) in [6.45, 7) is 7.59. The largest absolute Gasteiger partial charge is 0.494 e. The van der Waals surface area contributed by atoms with Crippen molar-refractivity contribution < 1.29 is 14.3 Å². The number of amides is 1. The highest BCUT2D eigenvalue weighted by Gasteiger charge is 2.26. The molecular weight excluding hydrogens is 316 g/mol. The molecule has 1 aromatic rings. The first-order valence-electron chi connectivity index (χ1n) is 8.11. The lowest BCUT2D eigenvalue weighted by atomic mass is 9.96. The Morgan fingerprint density at radius 1 is 1.30 bits per heavy atom. The predicted molar refractivity (Wildman–Crippen MR) is 93.7 cm³/mol. The SMILES string of the molecule is CCCNCCNC(=O)C1COc2ccc(OCC)cc2C1.Cl. The van der Waals surface area contributed by atoms with E-state index in [1.165, 1.54) is 0 Å². The quantitative estimate of drug-likeness (QED) is 0.711. The summed E-state index contributed by atoms with van der Waals surface area (Å²) in [6.07, 6.45) is 1.80. The van der Waals surface area contributed by atoms with E-state index in [9.17, 15) is 4.79 Å². The molecule has 1 aliphatic rings. The third kappa shape index (κ3) is 5.92. The Bertz CT molecular complexity index is 497. The Labute approximate surface area is 144 Å². The summed E-state index contributed by atoms with van der Waals surface area (Å²) in [5.74, 6) is 1.62.